The zero-order chi connectivity index (χ0) is 12.5. The summed E-state index contributed by atoms with van der Waals surface area (Å²) in [4.78, 5) is 0. The van der Waals surface area contributed by atoms with Gasteiger partial charge in [-0.25, -0.2) is 8.78 Å². The van der Waals surface area contributed by atoms with Crippen molar-refractivity contribution in [1.82, 2.24) is 0 Å². The molecule has 1 atom stereocenters. The van der Waals surface area contributed by atoms with Gasteiger partial charge in [0.1, 0.15) is 5.69 Å². The van der Waals surface area contributed by atoms with Crippen molar-refractivity contribution in [1.29, 1.82) is 5.26 Å². The summed E-state index contributed by atoms with van der Waals surface area (Å²) in [7, 11) is 0. The third kappa shape index (κ3) is 2.37. The van der Waals surface area contributed by atoms with E-state index >= 15 is 0 Å². The molecule has 0 radical (unpaired) electrons. The van der Waals surface area contributed by atoms with Crippen molar-refractivity contribution in [3.63, 3.8) is 0 Å². The molecule has 1 aliphatic heterocycles. The number of nitriles is 1. The van der Waals surface area contributed by atoms with Crippen LogP contribution in [0.3, 0.4) is 0 Å². The van der Waals surface area contributed by atoms with Crippen molar-refractivity contribution in [3.8, 4) is 6.07 Å². The minimum absolute atomic E-state index is 0.0293. The highest BCUT2D eigenvalue weighted by molar-refractivity contribution is 5.52. The first-order valence-corrected chi connectivity index (χ1v) is 5.29. The molecule has 0 aliphatic carbocycles. The van der Waals surface area contributed by atoms with Crippen LogP contribution in [0.1, 0.15) is 18.9 Å². The minimum atomic E-state index is -0.755. The lowest BCUT2D eigenvalue weighted by Gasteiger charge is -2.25. The number of nitrogens with zero attached hydrogens (tertiary/aromatic N) is 1. The zero-order valence-electron chi connectivity index (χ0n) is 9.39. The molecular weight excluding hydrogens is 226 g/mol. The Labute approximate surface area is 98.0 Å². The van der Waals surface area contributed by atoms with Gasteiger partial charge in [-0.3, -0.25) is 0 Å². The number of rotatable bonds is 2. The van der Waals surface area contributed by atoms with Crippen LogP contribution in [-0.4, -0.2) is 18.8 Å². The topological polar surface area (TPSA) is 45.0 Å². The molecule has 1 N–H and O–H groups in total. The van der Waals surface area contributed by atoms with Gasteiger partial charge in [0, 0.05) is 6.61 Å². The van der Waals surface area contributed by atoms with E-state index in [2.05, 4.69) is 5.32 Å². The highest BCUT2D eigenvalue weighted by Crippen LogP contribution is 2.28. The molecule has 5 heteroatoms. The van der Waals surface area contributed by atoms with Crippen molar-refractivity contribution in [2.75, 3.05) is 18.5 Å². The number of hydrogen-bond donors (Lipinski definition) is 1. The van der Waals surface area contributed by atoms with Crippen LogP contribution in [0.15, 0.2) is 12.1 Å². The number of benzene rings is 1. The van der Waals surface area contributed by atoms with Crippen LogP contribution < -0.4 is 5.32 Å². The fraction of sp³-hybridized carbons (Fsp3) is 0.417. The van der Waals surface area contributed by atoms with Crippen molar-refractivity contribution in [2.24, 2.45) is 0 Å². The molecule has 0 saturated carbocycles. The van der Waals surface area contributed by atoms with Gasteiger partial charge in [0.15, 0.2) is 11.6 Å². The lowest BCUT2D eigenvalue weighted by molar-refractivity contribution is 0.185. The molecule has 0 spiro atoms. The van der Waals surface area contributed by atoms with E-state index in [-0.39, 0.29) is 11.3 Å². The maximum absolute atomic E-state index is 13.6. The van der Waals surface area contributed by atoms with Crippen molar-refractivity contribution < 1.29 is 13.5 Å². The summed E-state index contributed by atoms with van der Waals surface area (Å²) < 4.78 is 32.5. The van der Waals surface area contributed by atoms with E-state index in [9.17, 15) is 8.78 Å². The van der Waals surface area contributed by atoms with E-state index in [0.29, 0.717) is 19.6 Å². The van der Waals surface area contributed by atoms with Gasteiger partial charge in [-0.05, 0) is 25.5 Å². The van der Waals surface area contributed by atoms with Crippen molar-refractivity contribution in [3.05, 3.63) is 29.3 Å². The monoisotopic (exact) mass is 238 g/mol. The Hall–Kier alpha value is -1.67. The van der Waals surface area contributed by atoms with Gasteiger partial charge < -0.3 is 10.1 Å². The first-order chi connectivity index (χ1) is 8.04. The molecule has 1 unspecified atom stereocenters. The molecule has 1 saturated heterocycles. The molecule has 1 fully saturated rings. The predicted molar refractivity (Wildman–Crippen MR) is 58.5 cm³/mol. The molecule has 1 aliphatic rings. The molecule has 0 aromatic heterocycles. The maximum atomic E-state index is 13.6. The third-order valence-electron chi connectivity index (χ3n) is 2.82. The smallest absolute Gasteiger partial charge is 0.150 e. The Morgan fingerprint density at radius 2 is 2.06 bits per heavy atom. The van der Waals surface area contributed by atoms with Crippen LogP contribution >= 0.6 is 0 Å². The van der Waals surface area contributed by atoms with Crippen molar-refractivity contribution in [2.45, 2.75) is 18.9 Å². The molecule has 1 aromatic rings. The Balaban J connectivity index is 2.30. The quantitative estimate of drug-likeness (QED) is 0.860. The summed E-state index contributed by atoms with van der Waals surface area (Å²) in [5, 5.41) is 11.4. The van der Waals surface area contributed by atoms with E-state index in [1.54, 1.807) is 6.07 Å². The van der Waals surface area contributed by atoms with Crippen LogP contribution in [0.5, 0.6) is 0 Å². The predicted octanol–water partition coefficient (Wildman–Crippen LogP) is 2.43. The van der Waals surface area contributed by atoms with Gasteiger partial charge in [-0.2, -0.15) is 5.26 Å². The first-order valence-electron chi connectivity index (χ1n) is 5.29. The van der Waals surface area contributed by atoms with Crippen molar-refractivity contribution >= 4 is 5.69 Å². The standard InChI is InChI=1S/C12H12F2N2O/c1-12(2-3-17-7-12)16-11-9(13)4-8(6-15)5-10(11)14/h4-5,16H,2-3,7H2,1H3. The molecule has 3 nitrogen and oxygen atoms in total. The Bertz CT molecular complexity index is 453. The number of halogens is 2. The average Bonchev–Trinajstić information content (AvgIpc) is 2.70. The minimum Gasteiger partial charge on any atom is -0.379 e. The fourth-order valence-electron chi connectivity index (χ4n) is 1.82. The van der Waals surface area contributed by atoms with Gasteiger partial charge in [0.05, 0.1) is 23.8 Å². The molecule has 2 rings (SSSR count). The molecule has 1 heterocycles. The largest absolute Gasteiger partial charge is 0.379 e. The molecule has 17 heavy (non-hydrogen) atoms. The summed E-state index contributed by atoms with van der Waals surface area (Å²) >= 11 is 0. The number of nitrogens with one attached hydrogen (secondary N) is 1. The highest BCUT2D eigenvalue weighted by Gasteiger charge is 2.31. The van der Waals surface area contributed by atoms with Crippen LogP contribution in [-0.2, 0) is 4.74 Å². The molecule has 0 bridgehead atoms. The summed E-state index contributed by atoms with van der Waals surface area (Å²) in [5.41, 5.74) is -0.689. The third-order valence-corrected chi connectivity index (χ3v) is 2.82. The number of anilines is 1. The summed E-state index contributed by atoms with van der Waals surface area (Å²) in [6.07, 6.45) is 0.686. The lowest BCUT2D eigenvalue weighted by Crippen LogP contribution is -2.35. The van der Waals surface area contributed by atoms with E-state index in [0.717, 1.165) is 12.1 Å². The summed E-state index contributed by atoms with van der Waals surface area (Å²) in [6, 6.07) is 3.74. The van der Waals surface area contributed by atoms with Crippen LogP contribution in [0.4, 0.5) is 14.5 Å². The van der Waals surface area contributed by atoms with Gasteiger partial charge in [0.2, 0.25) is 0 Å². The highest BCUT2D eigenvalue weighted by atomic mass is 19.1. The zero-order valence-corrected chi connectivity index (χ0v) is 9.39. The number of hydrogen-bond acceptors (Lipinski definition) is 3. The normalized spacial score (nSPS) is 23.4. The van der Waals surface area contributed by atoms with Gasteiger partial charge in [-0.1, -0.05) is 0 Å². The second kappa shape index (κ2) is 4.30. The molecule has 0 amide bonds. The molecule has 90 valence electrons. The second-order valence-electron chi connectivity index (χ2n) is 4.41. The molecular formula is C12H12F2N2O. The Kier molecular flexibility index (Phi) is 2.99. The fourth-order valence-corrected chi connectivity index (χ4v) is 1.82. The Morgan fingerprint density at radius 3 is 2.53 bits per heavy atom. The van der Waals surface area contributed by atoms with E-state index < -0.39 is 17.2 Å². The van der Waals surface area contributed by atoms with Crippen LogP contribution in [0.2, 0.25) is 0 Å². The van der Waals surface area contributed by atoms with Gasteiger partial charge in [-0.15, -0.1) is 0 Å². The molecule has 1 aromatic carbocycles. The van der Waals surface area contributed by atoms with Crippen LogP contribution in [0.25, 0.3) is 0 Å². The SMILES string of the molecule is CC1(Nc2c(F)cc(C#N)cc2F)CCOC1. The number of ether oxygens (including phenoxy) is 1. The van der Waals surface area contributed by atoms with E-state index in [1.165, 1.54) is 0 Å². The summed E-state index contributed by atoms with van der Waals surface area (Å²) in [6.45, 7) is 2.83. The van der Waals surface area contributed by atoms with E-state index in [4.69, 9.17) is 10.00 Å². The summed E-state index contributed by atoms with van der Waals surface area (Å²) in [5.74, 6) is -1.51. The van der Waals surface area contributed by atoms with E-state index in [1.807, 2.05) is 6.92 Å². The van der Waals surface area contributed by atoms with Gasteiger partial charge in [0.25, 0.3) is 0 Å². The Morgan fingerprint density at radius 1 is 1.41 bits per heavy atom. The van der Waals surface area contributed by atoms with Gasteiger partial charge >= 0.3 is 0 Å². The maximum Gasteiger partial charge on any atom is 0.150 e. The van der Waals surface area contributed by atoms with Crippen LogP contribution in [0, 0.1) is 23.0 Å². The second-order valence-corrected chi connectivity index (χ2v) is 4.41. The first kappa shape index (κ1) is 11.8. The average molecular weight is 238 g/mol. The lowest BCUT2D eigenvalue weighted by atomic mass is 10.0.